The van der Waals surface area contributed by atoms with E-state index >= 15 is 0 Å². The molecule has 0 spiro atoms. The molecule has 774 valence electrons. The van der Waals surface area contributed by atoms with E-state index in [9.17, 15) is 107 Å². The van der Waals surface area contributed by atoms with E-state index in [0.29, 0.717) is 83.6 Å². The second-order valence-corrected chi connectivity index (χ2v) is 35.9. The first-order valence-corrected chi connectivity index (χ1v) is 45.1. The third kappa shape index (κ3) is 57.1. The lowest BCUT2D eigenvalue weighted by Gasteiger charge is -2.16. The van der Waals surface area contributed by atoms with Crippen LogP contribution in [0.3, 0.4) is 0 Å². The van der Waals surface area contributed by atoms with Crippen LogP contribution in [0.25, 0.3) is 0 Å². The Balaban J connectivity index is 0.000000793. The minimum atomic E-state index is -4.47. The fourth-order valence-electron chi connectivity index (χ4n) is 11.8. The molecule has 1 aliphatic rings. The molecule has 0 atom stereocenters. The first-order chi connectivity index (χ1) is 63.4. The number of nitrogens with one attached hydrogen (secondary N) is 7. The summed E-state index contributed by atoms with van der Waals surface area (Å²) < 4.78 is 276. The number of nitriles is 1. The van der Waals surface area contributed by atoms with Gasteiger partial charge in [0, 0.05) is 125 Å². The van der Waals surface area contributed by atoms with Gasteiger partial charge >= 0.3 is 55.2 Å². The van der Waals surface area contributed by atoms with Gasteiger partial charge in [-0.25, -0.2) is 0 Å². The summed E-state index contributed by atoms with van der Waals surface area (Å²) in [6, 6.07) is 29.2. The number of aliphatic imine (C=N–C) groups is 1. The van der Waals surface area contributed by atoms with Crippen molar-refractivity contribution >= 4 is 29.3 Å². The Morgan fingerprint density at radius 3 is 1.17 bits per heavy atom. The molecule has 1 heterocycles. The molecule has 0 radical (unpaired) electrons. The van der Waals surface area contributed by atoms with Crippen molar-refractivity contribution in [2.75, 3.05) is 13.2 Å². The Morgan fingerprint density at radius 2 is 0.768 bits per heavy atom. The molecule has 0 saturated carbocycles. The molecule has 8 rings (SSSR count). The Hall–Kier alpha value is -9.68. The summed E-state index contributed by atoms with van der Waals surface area (Å²) in [5.41, 5.74) is 2.32. The molecule has 0 aromatic heterocycles. The van der Waals surface area contributed by atoms with Crippen molar-refractivity contribution in [3.8, 4) is 23.3 Å². The number of carboxylic acid groups (broad SMARTS) is 2. The molecule has 0 unspecified atom stereocenters. The highest BCUT2D eigenvalue weighted by Crippen LogP contribution is 2.40. The van der Waals surface area contributed by atoms with Crippen molar-refractivity contribution < 1.29 is 127 Å². The molecule has 7 aromatic rings. The number of aromatic hydroxyl groups is 1. The molecular formula is C100H133ClF21N9O7. The average Bonchev–Trinajstić information content (AvgIpc) is 0.822. The van der Waals surface area contributed by atoms with Gasteiger partial charge in [-0.05, 0) is 201 Å². The Labute approximate surface area is 801 Å². The minimum absolute atomic E-state index is 0.0281. The fraction of sp³-hybridized carbons (Fsp3) is 0.520. The van der Waals surface area contributed by atoms with Crippen molar-refractivity contribution in [3.05, 3.63) is 239 Å². The quantitative estimate of drug-likeness (QED) is 0.0131. The van der Waals surface area contributed by atoms with Crippen LogP contribution in [0.2, 0.25) is 5.02 Å². The highest BCUT2D eigenvalue weighted by Gasteiger charge is 2.37. The number of nitrogens with zero attached hydrogens (tertiary/aromatic N) is 2. The van der Waals surface area contributed by atoms with E-state index in [-0.39, 0.29) is 115 Å². The fourth-order valence-corrected chi connectivity index (χ4v) is 12.0. The van der Waals surface area contributed by atoms with E-state index in [1.54, 1.807) is 51.1 Å². The smallest absolute Gasteiger partial charge is 0.416 e. The van der Waals surface area contributed by atoms with Crippen LogP contribution in [0.5, 0.6) is 17.2 Å². The number of allylic oxidation sites excluding steroid dienone is 1. The third-order valence-corrected chi connectivity index (χ3v) is 18.9. The number of benzene rings is 7. The van der Waals surface area contributed by atoms with E-state index < -0.39 is 94.1 Å². The number of carbonyl (C=O) groups is 2. The second-order valence-electron chi connectivity index (χ2n) is 35.4. The number of hydrogen-bond donors (Lipinski definition) is 10. The van der Waals surface area contributed by atoms with Gasteiger partial charge in [0.25, 0.3) is 0 Å². The molecule has 0 saturated heterocycles. The van der Waals surface area contributed by atoms with Crippen LogP contribution in [-0.2, 0) is 105 Å². The number of aryl methyl sites for hydroxylation is 3. The van der Waals surface area contributed by atoms with Crippen LogP contribution in [0.4, 0.5) is 92.2 Å². The van der Waals surface area contributed by atoms with E-state index in [0.717, 1.165) is 105 Å². The maximum Gasteiger partial charge on any atom is 0.416 e. The van der Waals surface area contributed by atoms with E-state index in [1.165, 1.54) is 47.7 Å². The van der Waals surface area contributed by atoms with Gasteiger partial charge in [-0.2, -0.15) is 97.5 Å². The second kappa shape index (κ2) is 60.5. The summed E-state index contributed by atoms with van der Waals surface area (Å²) in [5, 5.41) is 56.7. The standard InChI is InChI=1S/C15H20F3NO3.C14H18F3NO2.C14H20F3NO.C13H17F3.C12H13F3N2.C12H16F3N.C11H13ClF3NO.C9H16N2/c1-10(2)19-9-11-6-12(15(16,17)18)8-13(7-11)22-5-3-4-14(20)21;1-9(2)18-8-11-5-10(3-4-13(19)20)6-12(7-11)14(15,16)17;1-9(2)18-8-11-5-12(14(15,16)17)7-13(6-11)19-10(3)4;1-10(2)5-3-6-11-7-4-8-12(9-11)13(14,15)16;1-8(2)17-7-10-3-9(6-16)4-11(5-10)12(13,14)15;1-8(2)16-7-10-4-9(3)5-11(6-10)12(13,14)15;1-6(2)16-5-7-3-8(11(13,14)15)4-9(12)10(7)17;1-7(2)10-6-9-4-8(3)5-11-9/h6-8,10,19H,3-5,9H2,1-2H3,(H,20,21);5-7,9,18H,3-4,8H2,1-2H3,(H,19,20);5-7,9-10,18H,8H2,1-4H3;4,7-10H,3,5-6H2,1-2H3;3-5,8,17H,7H2,1-2H3;4-6,8,16H,7H2,1-3H3;3-4,6,16-17H,5H2,1-2H3;5,7,10H,4,6H2,1-3H3. The topological polar surface area (TPSA) is 234 Å². The molecule has 138 heavy (non-hydrogen) atoms. The number of alkyl halides is 21. The van der Waals surface area contributed by atoms with Crippen molar-refractivity contribution in [1.82, 2.24) is 37.2 Å². The largest absolute Gasteiger partial charge is 0.506 e. The van der Waals surface area contributed by atoms with Gasteiger partial charge in [0.2, 0.25) is 0 Å². The lowest BCUT2D eigenvalue weighted by molar-refractivity contribution is -0.138. The number of aliphatic carboxylic acids is 2. The number of rotatable bonds is 35. The molecule has 0 aliphatic carbocycles. The average molecular weight is 2010 g/mol. The SMILES string of the molecule is CC(C)CCCc1cccc(C(F)(F)F)c1.CC(C)NCc1cc(C#N)cc(C(F)(F)F)c1.CC(C)NCc1cc(C(F)(F)F)cc(Cl)c1O.CC(C)NCc1cc(CCC(=O)O)cc(C(F)(F)F)c1.CC(C)NCc1cc(OC(C)C)cc(C(F)(F)F)c1.CC(C)NCc1cc(OCCCC(=O)O)cc(C(F)(F)F)c1.CC1=CN=C(CNC(C)C)C1.Cc1cc(CNC(C)C)cc(C(F)(F)F)c1. The van der Waals surface area contributed by atoms with Crippen molar-refractivity contribution in [3.63, 3.8) is 0 Å². The maximum absolute atomic E-state index is 12.9. The highest BCUT2D eigenvalue weighted by molar-refractivity contribution is 6.32. The number of phenols is 1. The molecule has 7 aromatic carbocycles. The third-order valence-electron chi connectivity index (χ3n) is 18.6. The zero-order valence-corrected chi connectivity index (χ0v) is 82.2. The maximum atomic E-state index is 12.9. The molecule has 10 N–H and O–H groups in total. The summed E-state index contributed by atoms with van der Waals surface area (Å²) in [7, 11) is 0. The summed E-state index contributed by atoms with van der Waals surface area (Å²) in [6.45, 7) is 41.7. The van der Waals surface area contributed by atoms with Gasteiger partial charge < -0.3 is 62.0 Å². The normalized spacial score (nSPS) is 12.4. The molecule has 0 bridgehead atoms. The molecule has 38 heteroatoms. The lowest BCUT2D eigenvalue weighted by atomic mass is 10.0. The van der Waals surface area contributed by atoms with E-state index in [4.69, 9.17) is 36.5 Å². The van der Waals surface area contributed by atoms with E-state index in [1.807, 2.05) is 89.3 Å². The number of carboxylic acids is 2. The van der Waals surface area contributed by atoms with E-state index in [2.05, 4.69) is 76.8 Å². The predicted molar refractivity (Wildman–Crippen MR) is 499 cm³/mol. The molecule has 0 fully saturated rings. The highest BCUT2D eigenvalue weighted by atomic mass is 35.5. The van der Waals surface area contributed by atoms with Crippen LogP contribution in [-0.4, -0.2) is 94.5 Å². The Bertz CT molecular complexity index is 4900. The minimum Gasteiger partial charge on any atom is -0.506 e. The zero-order chi connectivity index (χ0) is 106. The summed E-state index contributed by atoms with van der Waals surface area (Å²) in [5.74, 6) is -1.34. The lowest BCUT2D eigenvalue weighted by Crippen LogP contribution is -2.28. The number of phenolic OH excluding ortho intramolecular Hbond substituents is 1. The van der Waals surface area contributed by atoms with Crippen molar-refractivity contribution in [2.45, 2.75) is 321 Å². The van der Waals surface area contributed by atoms with Crippen molar-refractivity contribution in [2.24, 2.45) is 10.9 Å². The zero-order valence-electron chi connectivity index (χ0n) is 81.4. The number of ether oxygens (including phenoxy) is 2. The van der Waals surface area contributed by atoms with Crippen LogP contribution in [0, 0.1) is 24.2 Å². The van der Waals surface area contributed by atoms with Gasteiger partial charge in [-0.1, -0.05) is 165 Å². The first-order valence-electron chi connectivity index (χ1n) is 44.7. The van der Waals surface area contributed by atoms with Crippen LogP contribution in [0.15, 0.2) is 144 Å². The van der Waals surface area contributed by atoms with Crippen LogP contribution < -0.4 is 46.7 Å². The van der Waals surface area contributed by atoms with Gasteiger partial charge in [0.05, 0.1) is 68.3 Å². The number of hydrogen-bond acceptors (Lipinski definition) is 14. The van der Waals surface area contributed by atoms with Gasteiger partial charge in [0.15, 0.2) is 0 Å². The van der Waals surface area contributed by atoms with Gasteiger partial charge in [0.1, 0.15) is 17.2 Å². The molecule has 0 amide bonds. The molecule has 1 aliphatic heterocycles. The summed E-state index contributed by atoms with van der Waals surface area (Å²) >= 11 is 5.56. The summed E-state index contributed by atoms with van der Waals surface area (Å²) in [4.78, 5) is 25.2. The Morgan fingerprint density at radius 1 is 0.406 bits per heavy atom. The van der Waals surface area contributed by atoms with Gasteiger partial charge in [-0.3, -0.25) is 14.6 Å². The monoisotopic (exact) mass is 2010 g/mol. The van der Waals surface area contributed by atoms with Crippen LogP contribution in [0.1, 0.15) is 265 Å². The van der Waals surface area contributed by atoms with Crippen molar-refractivity contribution in [1.29, 1.82) is 5.26 Å². The summed E-state index contributed by atoms with van der Waals surface area (Å²) in [6.07, 6.45) is -25.0. The van der Waals surface area contributed by atoms with Gasteiger partial charge in [-0.15, -0.1) is 0 Å². The Kier molecular flexibility index (Phi) is 55.3. The molecule has 16 nitrogen and oxygen atoms in total. The van der Waals surface area contributed by atoms with Crippen LogP contribution >= 0.6 is 11.6 Å². The first kappa shape index (κ1) is 126. The number of halogens is 22. The predicted octanol–water partition coefficient (Wildman–Crippen LogP) is 27.2. The molecular weight excluding hydrogens is 1870 g/mol.